The number of hydrogen-bond donors (Lipinski definition) is 5. The van der Waals surface area contributed by atoms with Crippen LogP contribution in [-0.4, -0.2) is 110 Å². The van der Waals surface area contributed by atoms with E-state index >= 15 is 0 Å². The van der Waals surface area contributed by atoms with Crippen molar-refractivity contribution in [2.75, 3.05) is 51.9 Å². The number of carbonyl (C=O) groups is 5. The Labute approximate surface area is 286 Å². The molecular formula is C29H51BN8O9S. The van der Waals surface area contributed by atoms with Crippen molar-refractivity contribution in [3.63, 3.8) is 0 Å². The molecule has 1 rings (SSSR count). The maximum absolute atomic E-state index is 12.3. The predicted octanol–water partition coefficient (Wildman–Crippen LogP) is 2.30. The second-order valence-corrected chi connectivity index (χ2v) is 11.2. The Bertz CT molecular complexity index is 1160. The van der Waals surface area contributed by atoms with Gasteiger partial charge in [0.15, 0.2) is 0 Å². The Balaban J connectivity index is -0.000000843. The van der Waals surface area contributed by atoms with Gasteiger partial charge in [-0.15, -0.1) is 5.53 Å². The fourth-order valence-corrected chi connectivity index (χ4v) is 3.07. The van der Waals surface area contributed by atoms with Crippen molar-refractivity contribution in [2.24, 2.45) is 11.1 Å². The van der Waals surface area contributed by atoms with Gasteiger partial charge >= 0.3 is 0 Å². The van der Waals surface area contributed by atoms with Crippen molar-refractivity contribution in [1.82, 2.24) is 21.0 Å². The molecule has 270 valence electrons. The van der Waals surface area contributed by atoms with E-state index in [4.69, 9.17) is 26.9 Å². The van der Waals surface area contributed by atoms with Crippen LogP contribution in [0.15, 0.2) is 29.5 Å². The Morgan fingerprint density at radius 3 is 2.17 bits per heavy atom. The highest BCUT2D eigenvalue weighted by Crippen LogP contribution is 2.12. The number of anilines is 1. The van der Waals surface area contributed by atoms with Crippen LogP contribution >= 0.6 is 0 Å². The highest BCUT2D eigenvalue weighted by atomic mass is 32.2. The molecule has 0 aromatic heterocycles. The lowest BCUT2D eigenvalue weighted by Gasteiger charge is -2.22. The van der Waals surface area contributed by atoms with E-state index in [1.54, 1.807) is 52.2 Å². The van der Waals surface area contributed by atoms with Crippen LogP contribution in [0.2, 0.25) is 0 Å². The molecule has 2 unspecified atom stereocenters. The molecule has 17 nitrogen and oxygen atoms in total. The van der Waals surface area contributed by atoms with Gasteiger partial charge in [-0.05, 0) is 49.7 Å². The van der Waals surface area contributed by atoms with Crippen LogP contribution in [0.3, 0.4) is 0 Å². The van der Waals surface area contributed by atoms with E-state index < -0.39 is 40.4 Å². The van der Waals surface area contributed by atoms with Gasteiger partial charge in [0.25, 0.3) is 0 Å². The molecule has 0 saturated carbocycles. The van der Waals surface area contributed by atoms with Crippen molar-refractivity contribution < 1.29 is 42.2 Å². The third-order valence-electron chi connectivity index (χ3n) is 5.32. The van der Waals surface area contributed by atoms with Crippen LogP contribution in [0, 0.1) is 5.92 Å². The van der Waals surface area contributed by atoms with E-state index in [1.165, 1.54) is 11.3 Å². The van der Waals surface area contributed by atoms with Gasteiger partial charge in [0, 0.05) is 18.4 Å². The first-order valence-electron chi connectivity index (χ1n) is 14.9. The molecule has 2 radical (unpaired) electrons. The quantitative estimate of drug-likeness (QED) is 0.0301. The maximum atomic E-state index is 12.3. The molecule has 1 aromatic rings. The summed E-state index contributed by atoms with van der Waals surface area (Å²) in [7, 11) is 8.19. The number of benzene rings is 1. The fraction of sp³-hybridized carbons (Fsp3) is 0.621. The lowest BCUT2D eigenvalue weighted by molar-refractivity contribution is -0.130. The van der Waals surface area contributed by atoms with Gasteiger partial charge in [-0.2, -0.15) is 4.91 Å². The van der Waals surface area contributed by atoms with Gasteiger partial charge in [-0.1, -0.05) is 39.8 Å². The van der Waals surface area contributed by atoms with Gasteiger partial charge in [-0.3, -0.25) is 19.2 Å². The number of rotatable bonds is 17. The number of nitrogens with zero attached hydrogens (tertiary/aromatic N) is 4. The molecule has 5 N–H and O–H groups in total. The highest BCUT2D eigenvalue weighted by Gasteiger charge is 2.24. The summed E-state index contributed by atoms with van der Waals surface area (Å²) in [5, 5.41) is 15.3. The lowest BCUT2D eigenvalue weighted by atomic mass is 10.0. The first-order chi connectivity index (χ1) is 22.5. The minimum atomic E-state index is -1.61. The molecule has 0 heterocycles. The molecule has 19 heteroatoms. The first kappa shape index (κ1) is 48.4. The van der Waals surface area contributed by atoms with E-state index in [0.29, 0.717) is 30.8 Å². The predicted molar refractivity (Wildman–Crippen MR) is 185 cm³/mol. The molecule has 0 bridgehead atoms. The summed E-state index contributed by atoms with van der Waals surface area (Å²) in [6.45, 7) is 12.1. The number of carbonyl (C=O) groups excluding carboxylic acids is 5. The average Bonchev–Trinajstić information content (AvgIpc) is 2.99. The number of azide groups is 1. The highest BCUT2D eigenvalue weighted by molar-refractivity contribution is 7.78. The molecule has 2 atom stereocenters. The van der Waals surface area contributed by atoms with Gasteiger partial charge in [0.2, 0.25) is 31.4 Å². The molecule has 48 heavy (non-hydrogen) atoms. The van der Waals surface area contributed by atoms with Gasteiger partial charge in [-0.25, -0.2) is 9.22 Å². The smallest absolute Gasteiger partial charge is 0.243 e. The molecular weight excluding hydrogens is 647 g/mol. The van der Waals surface area contributed by atoms with E-state index in [0.717, 1.165) is 6.29 Å². The van der Waals surface area contributed by atoms with E-state index in [2.05, 4.69) is 36.1 Å². The molecule has 0 aliphatic rings. The van der Waals surface area contributed by atoms with Crippen LogP contribution in [0.4, 0.5) is 10.5 Å². The largest absolute Gasteiger partial charge is 0.470 e. The maximum Gasteiger partial charge on any atom is 0.243 e. The molecule has 0 aliphatic carbocycles. The molecule has 1 aromatic carbocycles. The third-order valence-corrected chi connectivity index (χ3v) is 5.32. The Hall–Kier alpha value is -4.03. The Morgan fingerprint density at radius 1 is 1.15 bits per heavy atom. The van der Waals surface area contributed by atoms with Crippen LogP contribution in [0.5, 0.6) is 0 Å². The van der Waals surface area contributed by atoms with Gasteiger partial charge in [0.05, 0.1) is 32.3 Å². The summed E-state index contributed by atoms with van der Waals surface area (Å²) in [6.07, 6.45) is 2.38. The fourth-order valence-electron chi connectivity index (χ4n) is 3.07. The van der Waals surface area contributed by atoms with Crippen molar-refractivity contribution >= 4 is 54.5 Å². The van der Waals surface area contributed by atoms with Crippen molar-refractivity contribution in [3.8, 4) is 0 Å². The van der Waals surface area contributed by atoms with Crippen LogP contribution in [-0.2, 0) is 46.3 Å². The normalized spacial score (nSPS) is 11.1. The van der Waals surface area contributed by atoms with Crippen LogP contribution < -0.4 is 21.3 Å². The Morgan fingerprint density at radius 2 is 1.71 bits per heavy atom. The second kappa shape index (κ2) is 29.1. The van der Waals surface area contributed by atoms with Crippen molar-refractivity contribution in [2.45, 2.75) is 66.2 Å². The summed E-state index contributed by atoms with van der Waals surface area (Å²) in [6, 6.07) is 5.87. The summed E-state index contributed by atoms with van der Waals surface area (Å²) < 4.78 is 26.7. The summed E-state index contributed by atoms with van der Waals surface area (Å²) in [4.78, 5) is 59.5. The number of likely N-dealkylation sites (N-methyl/N-ethyl adjacent to an activating group) is 2. The number of nitrogens with one attached hydrogen (secondary N) is 4. The summed E-state index contributed by atoms with van der Waals surface area (Å²) in [5.41, 5.74) is 8.89. The monoisotopic (exact) mass is 698 g/mol. The SMILES string of the molecule is CC.CN(CCOC(C)(C)CC=O)N=[N+]=[N-].CS(=O)O.[B]C(=O)OCc1ccc(NC(=O)CNC(=O)C(NC(=O)CNC)C(C)C)cc1. The zero-order valence-corrected chi connectivity index (χ0v) is 30.1. The Kier molecular flexibility index (Phi) is 29.4. The van der Waals surface area contributed by atoms with Gasteiger partial charge in [0.1, 0.15) is 36.6 Å². The molecule has 0 fully saturated rings. The number of amides is 3. The number of hydrogen-bond acceptors (Lipinski definition) is 10. The first-order valence-corrected chi connectivity index (χ1v) is 16.4. The molecule has 0 saturated heterocycles. The standard InChI is InChI=1S/C18H25BN4O5.C8H16N4O2.C2H6.CH4O2S/c1-11(2)16(23-14(24)8-20-3)17(26)21-9-15(25)22-13-6-4-12(5-7-13)10-28-18(19)27;1-8(2,4-6-13)14-7-5-12(3)11-10-9;1-2;1-4(2)3/h4-7,11,16,20H,8-10H2,1-3H3,(H,21,26)(H,22,25)(H,23,24);6H,4-5,7H2,1-3H3;1-2H3;1H3,(H,2,3). The summed E-state index contributed by atoms with van der Waals surface area (Å²) in [5.74, 6) is -2.16. The number of aldehydes is 1. The lowest BCUT2D eigenvalue weighted by Crippen LogP contribution is -2.52. The van der Waals surface area contributed by atoms with E-state index in [-0.39, 0.29) is 31.5 Å². The van der Waals surface area contributed by atoms with Crippen molar-refractivity contribution in [1.29, 1.82) is 0 Å². The molecule has 3 amide bonds. The van der Waals surface area contributed by atoms with Crippen molar-refractivity contribution in [3.05, 3.63) is 40.3 Å². The molecule has 0 spiro atoms. The second-order valence-electron chi connectivity index (χ2n) is 10.4. The topological polar surface area (TPSA) is 241 Å². The minimum Gasteiger partial charge on any atom is -0.470 e. The number of ether oxygens (including phenoxy) is 2. The summed E-state index contributed by atoms with van der Waals surface area (Å²) >= 11 is -1.61. The van der Waals surface area contributed by atoms with Crippen LogP contribution in [0.25, 0.3) is 10.4 Å². The van der Waals surface area contributed by atoms with E-state index in [1.807, 2.05) is 27.7 Å². The third kappa shape index (κ3) is 29.4. The zero-order chi connectivity index (χ0) is 37.7. The average molecular weight is 699 g/mol. The van der Waals surface area contributed by atoms with Crippen LogP contribution in [0.1, 0.15) is 53.5 Å². The zero-order valence-electron chi connectivity index (χ0n) is 29.3. The minimum absolute atomic E-state index is 0.0372. The molecule has 0 aliphatic heterocycles. The van der Waals surface area contributed by atoms with Gasteiger partial charge < -0.3 is 40.1 Å². The van der Waals surface area contributed by atoms with E-state index in [9.17, 15) is 24.0 Å².